The van der Waals surface area contributed by atoms with E-state index in [1.807, 2.05) is 24.3 Å². The number of rotatable bonds is 4. The predicted molar refractivity (Wildman–Crippen MR) is 73.2 cm³/mol. The highest BCUT2D eigenvalue weighted by atomic mass is 16.5. The zero-order chi connectivity index (χ0) is 13.7. The number of carbonyl (C=O) groups is 2. The van der Waals surface area contributed by atoms with Gasteiger partial charge in [-0.1, -0.05) is 31.4 Å². The van der Waals surface area contributed by atoms with E-state index in [1.165, 1.54) is 44.6 Å². The minimum Gasteiger partial charge on any atom is -0.426 e. The van der Waals surface area contributed by atoms with Gasteiger partial charge < -0.3 is 4.74 Å². The van der Waals surface area contributed by atoms with Crippen LogP contribution < -0.4 is 4.74 Å². The Kier molecular flexibility index (Phi) is 4.72. The normalized spacial score (nSPS) is 16.1. The Labute approximate surface area is 114 Å². The first-order chi connectivity index (χ1) is 9.15. The van der Waals surface area contributed by atoms with Crippen LogP contribution in [0.3, 0.4) is 0 Å². The van der Waals surface area contributed by atoms with Crippen molar-refractivity contribution < 1.29 is 14.3 Å². The molecule has 0 heterocycles. The summed E-state index contributed by atoms with van der Waals surface area (Å²) in [6.07, 6.45) is 6.30. The van der Waals surface area contributed by atoms with Crippen molar-refractivity contribution in [1.82, 2.24) is 0 Å². The SMILES string of the molecule is CC(=O)CC(=O)Oc1ccc(C2CCCCC2)cc1. The van der Waals surface area contributed by atoms with Crippen LogP contribution in [0, 0.1) is 0 Å². The number of hydrogen-bond donors (Lipinski definition) is 0. The second kappa shape index (κ2) is 6.50. The maximum atomic E-state index is 11.4. The first-order valence-electron chi connectivity index (χ1n) is 6.95. The lowest BCUT2D eigenvalue weighted by Gasteiger charge is -2.21. The van der Waals surface area contributed by atoms with Crippen LogP contribution in [0.1, 0.15) is 56.9 Å². The van der Waals surface area contributed by atoms with E-state index in [2.05, 4.69) is 0 Å². The van der Waals surface area contributed by atoms with E-state index in [4.69, 9.17) is 4.74 Å². The Balaban J connectivity index is 1.94. The van der Waals surface area contributed by atoms with E-state index in [1.54, 1.807) is 0 Å². The molecule has 1 aromatic carbocycles. The molecule has 0 spiro atoms. The third-order valence-electron chi connectivity index (χ3n) is 3.58. The second-order valence-corrected chi connectivity index (χ2v) is 5.26. The molecule has 1 saturated carbocycles. The summed E-state index contributed by atoms with van der Waals surface area (Å²) in [4.78, 5) is 22.2. The second-order valence-electron chi connectivity index (χ2n) is 5.26. The smallest absolute Gasteiger partial charge is 0.318 e. The largest absolute Gasteiger partial charge is 0.426 e. The molecule has 1 aliphatic carbocycles. The quantitative estimate of drug-likeness (QED) is 0.472. The topological polar surface area (TPSA) is 43.4 Å². The van der Waals surface area contributed by atoms with Crippen LogP contribution in [-0.2, 0) is 9.59 Å². The van der Waals surface area contributed by atoms with Crippen LogP contribution in [0.25, 0.3) is 0 Å². The van der Waals surface area contributed by atoms with Gasteiger partial charge in [0.15, 0.2) is 0 Å². The number of ether oxygens (including phenoxy) is 1. The van der Waals surface area contributed by atoms with Gasteiger partial charge in [0.25, 0.3) is 0 Å². The van der Waals surface area contributed by atoms with Crippen molar-refractivity contribution in [3.63, 3.8) is 0 Å². The summed E-state index contributed by atoms with van der Waals surface area (Å²) in [7, 11) is 0. The van der Waals surface area contributed by atoms with Crippen LogP contribution >= 0.6 is 0 Å². The minimum absolute atomic E-state index is 0.162. The van der Waals surface area contributed by atoms with Crippen LogP contribution in [0.2, 0.25) is 0 Å². The average molecular weight is 260 g/mol. The van der Waals surface area contributed by atoms with E-state index < -0.39 is 5.97 Å². The molecular formula is C16H20O3. The molecule has 0 unspecified atom stereocenters. The zero-order valence-electron chi connectivity index (χ0n) is 11.4. The maximum Gasteiger partial charge on any atom is 0.318 e. The van der Waals surface area contributed by atoms with Crippen LogP contribution in [0.15, 0.2) is 24.3 Å². The molecule has 0 aromatic heterocycles. The summed E-state index contributed by atoms with van der Waals surface area (Å²) in [6, 6.07) is 7.71. The molecule has 0 amide bonds. The Morgan fingerprint density at radius 3 is 2.32 bits per heavy atom. The first kappa shape index (κ1) is 13.8. The highest BCUT2D eigenvalue weighted by Crippen LogP contribution is 2.33. The van der Waals surface area contributed by atoms with Crippen molar-refractivity contribution in [1.29, 1.82) is 0 Å². The fraction of sp³-hybridized carbons (Fsp3) is 0.500. The van der Waals surface area contributed by atoms with Crippen molar-refractivity contribution in [3.8, 4) is 5.75 Å². The number of Topliss-reactive ketones (excluding diaryl/α,β-unsaturated/α-hetero) is 1. The molecular weight excluding hydrogens is 240 g/mol. The van der Waals surface area contributed by atoms with Gasteiger partial charge >= 0.3 is 5.97 Å². The van der Waals surface area contributed by atoms with E-state index in [-0.39, 0.29) is 12.2 Å². The van der Waals surface area contributed by atoms with E-state index in [0.717, 1.165) is 0 Å². The Morgan fingerprint density at radius 1 is 1.11 bits per heavy atom. The lowest BCUT2D eigenvalue weighted by Crippen LogP contribution is -2.11. The van der Waals surface area contributed by atoms with Gasteiger partial charge in [-0.25, -0.2) is 0 Å². The standard InChI is InChI=1S/C16H20O3/c1-12(17)11-16(18)19-15-9-7-14(8-10-15)13-5-3-2-4-6-13/h7-10,13H,2-6,11H2,1H3. The Hall–Kier alpha value is -1.64. The van der Waals surface area contributed by atoms with Gasteiger partial charge in [0.1, 0.15) is 18.0 Å². The van der Waals surface area contributed by atoms with E-state index >= 15 is 0 Å². The van der Waals surface area contributed by atoms with Crippen LogP contribution in [0.5, 0.6) is 5.75 Å². The summed E-state index contributed by atoms with van der Waals surface area (Å²) in [5.74, 6) is 0.503. The lowest BCUT2D eigenvalue weighted by atomic mass is 9.84. The molecule has 1 fully saturated rings. The van der Waals surface area contributed by atoms with Crippen molar-refractivity contribution in [2.45, 2.75) is 51.4 Å². The van der Waals surface area contributed by atoms with Gasteiger partial charge in [0, 0.05) is 0 Å². The summed E-state index contributed by atoms with van der Waals surface area (Å²) >= 11 is 0. The Morgan fingerprint density at radius 2 is 1.74 bits per heavy atom. The lowest BCUT2D eigenvalue weighted by molar-refractivity contribution is -0.137. The monoisotopic (exact) mass is 260 g/mol. The summed E-state index contributed by atoms with van der Waals surface area (Å²) in [5.41, 5.74) is 1.33. The molecule has 3 nitrogen and oxygen atoms in total. The molecule has 0 bridgehead atoms. The van der Waals surface area contributed by atoms with Gasteiger partial charge in [-0.2, -0.15) is 0 Å². The van der Waals surface area contributed by atoms with Crippen LogP contribution in [-0.4, -0.2) is 11.8 Å². The van der Waals surface area contributed by atoms with Crippen LogP contribution in [0.4, 0.5) is 0 Å². The highest BCUT2D eigenvalue weighted by molar-refractivity contribution is 5.94. The molecule has 102 valence electrons. The summed E-state index contributed by atoms with van der Waals surface area (Å²) in [6.45, 7) is 1.38. The summed E-state index contributed by atoms with van der Waals surface area (Å²) < 4.78 is 5.11. The number of esters is 1. The van der Waals surface area contributed by atoms with Gasteiger partial charge in [-0.05, 0) is 43.4 Å². The third-order valence-corrected chi connectivity index (χ3v) is 3.58. The van der Waals surface area contributed by atoms with Gasteiger partial charge in [0.2, 0.25) is 0 Å². The van der Waals surface area contributed by atoms with Crippen molar-refractivity contribution >= 4 is 11.8 Å². The van der Waals surface area contributed by atoms with E-state index in [0.29, 0.717) is 11.7 Å². The van der Waals surface area contributed by atoms with E-state index in [9.17, 15) is 9.59 Å². The van der Waals surface area contributed by atoms with Crippen molar-refractivity contribution in [2.75, 3.05) is 0 Å². The molecule has 1 aromatic rings. The van der Waals surface area contributed by atoms with Gasteiger partial charge in [-0.3, -0.25) is 9.59 Å². The van der Waals surface area contributed by atoms with Crippen molar-refractivity contribution in [3.05, 3.63) is 29.8 Å². The minimum atomic E-state index is -0.488. The van der Waals surface area contributed by atoms with Gasteiger partial charge in [-0.15, -0.1) is 0 Å². The predicted octanol–water partition coefficient (Wildman–Crippen LogP) is 3.62. The average Bonchev–Trinajstić information content (AvgIpc) is 2.39. The maximum absolute atomic E-state index is 11.4. The molecule has 2 rings (SSSR count). The third kappa shape index (κ3) is 4.19. The zero-order valence-corrected chi connectivity index (χ0v) is 11.4. The summed E-state index contributed by atoms with van der Waals surface area (Å²) in [5, 5.41) is 0. The fourth-order valence-corrected chi connectivity index (χ4v) is 2.61. The molecule has 0 aliphatic heterocycles. The Bertz CT molecular complexity index is 442. The number of benzene rings is 1. The molecule has 19 heavy (non-hydrogen) atoms. The number of hydrogen-bond acceptors (Lipinski definition) is 3. The molecule has 1 aliphatic rings. The van der Waals surface area contributed by atoms with Gasteiger partial charge in [0.05, 0.1) is 0 Å². The van der Waals surface area contributed by atoms with Crippen molar-refractivity contribution in [2.24, 2.45) is 0 Å². The highest BCUT2D eigenvalue weighted by Gasteiger charge is 2.15. The molecule has 0 N–H and O–H groups in total. The molecule has 0 saturated heterocycles. The molecule has 0 radical (unpaired) electrons. The molecule has 0 atom stereocenters. The first-order valence-corrected chi connectivity index (χ1v) is 6.95. The number of ketones is 1. The fourth-order valence-electron chi connectivity index (χ4n) is 2.61. The molecule has 3 heteroatoms. The number of carbonyl (C=O) groups excluding carboxylic acids is 2.